The summed E-state index contributed by atoms with van der Waals surface area (Å²) in [5, 5.41) is 14.6. The van der Waals surface area contributed by atoms with E-state index in [0.717, 1.165) is 4.47 Å². The summed E-state index contributed by atoms with van der Waals surface area (Å²) in [5.74, 6) is 0.433. The van der Waals surface area contributed by atoms with Crippen LogP contribution in [0.2, 0.25) is 0 Å². The van der Waals surface area contributed by atoms with Crippen LogP contribution < -0.4 is 10.6 Å². The molecule has 3 N–H and O–H groups in total. The first-order valence-electron chi connectivity index (χ1n) is 5.13. The summed E-state index contributed by atoms with van der Waals surface area (Å²) in [7, 11) is 0. The van der Waals surface area contributed by atoms with E-state index in [1.807, 2.05) is 0 Å². The Morgan fingerprint density at radius 1 is 1.17 bits per heavy atom. The second kappa shape index (κ2) is 5.50. The first-order valence-corrected chi connectivity index (χ1v) is 5.92. The van der Waals surface area contributed by atoms with Crippen LogP contribution in [0.25, 0.3) is 0 Å². The molecule has 0 bridgehead atoms. The van der Waals surface area contributed by atoms with Gasteiger partial charge in [-0.05, 0) is 40.2 Å². The molecule has 5 nitrogen and oxygen atoms in total. The fraction of sp³-hybridized carbons (Fsp3) is 0. The maximum absolute atomic E-state index is 11.6. The predicted octanol–water partition coefficient (Wildman–Crippen LogP) is 3.19. The number of anilines is 2. The summed E-state index contributed by atoms with van der Waals surface area (Å²) in [6.45, 7) is 0. The van der Waals surface area contributed by atoms with Gasteiger partial charge in [0.15, 0.2) is 0 Å². The lowest BCUT2D eigenvalue weighted by atomic mass is 10.3. The monoisotopic (exact) mass is 307 g/mol. The molecule has 6 heteroatoms. The molecule has 0 aliphatic carbocycles. The number of aromatic hydroxyl groups is 1. The van der Waals surface area contributed by atoms with Crippen LogP contribution in [0.3, 0.4) is 0 Å². The highest BCUT2D eigenvalue weighted by molar-refractivity contribution is 9.10. The Bertz CT molecular complexity index is 558. The number of carbonyl (C=O) groups excluding carboxylic acids is 1. The number of halogens is 1. The zero-order chi connectivity index (χ0) is 13.0. The maximum Gasteiger partial charge on any atom is 0.324 e. The number of para-hydroxylation sites is 2. The molecule has 0 unspecified atom stereocenters. The van der Waals surface area contributed by atoms with Gasteiger partial charge in [-0.15, -0.1) is 0 Å². The van der Waals surface area contributed by atoms with Gasteiger partial charge in [0.25, 0.3) is 0 Å². The Morgan fingerprint density at radius 2 is 1.94 bits per heavy atom. The van der Waals surface area contributed by atoms with Crippen molar-refractivity contribution in [3.05, 3.63) is 47.1 Å². The SMILES string of the molecule is O=C(Nc1ccc(Br)cn1)Nc1ccccc1O. The molecular weight excluding hydrogens is 298 g/mol. The standard InChI is InChI=1S/C12H10BrN3O2/c13-8-5-6-11(14-7-8)16-12(18)15-9-3-1-2-4-10(9)17/h1-7,17H,(H2,14,15,16,18). The van der Waals surface area contributed by atoms with Gasteiger partial charge < -0.3 is 10.4 Å². The second-order valence-corrected chi connectivity index (χ2v) is 4.37. The summed E-state index contributed by atoms with van der Waals surface area (Å²) in [5.41, 5.74) is 0.340. The average Bonchev–Trinajstić information content (AvgIpc) is 2.35. The summed E-state index contributed by atoms with van der Waals surface area (Å²) >= 11 is 3.25. The van der Waals surface area contributed by atoms with Crippen molar-refractivity contribution in [1.29, 1.82) is 0 Å². The van der Waals surface area contributed by atoms with Crippen molar-refractivity contribution >= 4 is 33.5 Å². The molecule has 0 saturated carbocycles. The minimum absolute atomic E-state index is 0.0106. The lowest BCUT2D eigenvalue weighted by Crippen LogP contribution is -2.20. The zero-order valence-corrected chi connectivity index (χ0v) is 10.8. The van der Waals surface area contributed by atoms with Gasteiger partial charge in [-0.25, -0.2) is 9.78 Å². The Kier molecular flexibility index (Phi) is 3.78. The molecule has 1 aromatic carbocycles. The van der Waals surface area contributed by atoms with E-state index in [-0.39, 0.29) is 5.75 Å². The number of rotatable bonds is 2. The molecule has 2 amide bonds. The van der Waals surface area contributed by atoms with Gasteiger partial charge >= 0.3 is 6.03 Å². The van der Waals surface area contributed by atoms with Crippen molar-refractivity contribution in [3.63, 3.8) is 0 Å². The number of carbonyl (C=O) groups is 1. The lowest BCUT2D eigenvalue weighted by molar-refractivity contribution is 0.262. The third-order valence-corrected chi connectivity index (χ3v) is 2.59. The highest BCUT2D eigenvalue weighted by atomic mass is 79.9. The summed E-state index contributed by atoms with van der Waals surface area (Å²) in [4.78, 5) is 15.6. The summed E-state index contributed by atoms with van der Waals surface area (Å²) in [6.07, 6.45) is 1.58. The van der Waals surface area contributed by atoms with Gasteiger partial charge in [-0.1, -0.05) is 12.1 Å². The third-order valence-electron chi connectivity index (χ3n) is 2.12. The molecule has 0 spiro atoms. The van der Waals surface area contributed by atoms with Gasteiger partial charge in [0.1, 0.15) is 11.6 Å². The number of hydrogen-bond donors (Lipinski definition) is 3. The van der Waals surface area contributed by atoms with Crippen molar-refractivity contribution in [1.82, 2.24) is 4.98 Å². The van der Waals surface area contributed by atoms with E-state index in [0.29, 0.717) is 11.5 Å². The topological polar surface area (TPSA) is 74.2 Å². The van der Waals surface area contributed by atoms with Crippen LogP contribution in [0, 0.1) is 0 Å². The highest BCUT2D eigenvalue weighted by Gasteiger charge is 2.06. The number of phenolic OH excluding ortho intramolecular Hbond substituents is 1. The largest absolute Gasteiger partial charge is 0.506 e. The normalized spacial score (nSPS) is 9.83. The Morgan fingerprint density at radius 3 is 2.61 bits per heavy atom. The maximum atomic E-state index is 11.6. The number of amides is 2. The van der Waals surface area contributed by atoms with Crippen molar-refractivity contribution in [2.45, 2.75) is 0 Å². The Hall–Kier alpha value is -2.08. The molecule has 1 aromatic heterocycles. The number of urea groups is 1. The number of nitrogens with one attached hydrogen (secondary N) is 2. The minimum atomic E-state index is -0.466. The van der Waals surface area contributed by atoms with Crippen LogP contribution in [0.5, 0.6) is 5.75 Å². The smallest absolute Gasteiger partial charge is 0.324 e. The Balaban J connectivity index is 2.01. The van der Waals surface area contributed by atoms with E-state index >= 15 is 0 Å². The Labute approximate surface area is 112 Å². The van der Waals surface area contributed by atoms with Crippen molar-refractivity contribution in [2.24, 2.45) is 0 Å². The fourth-order valence-corrected chi connectivity index (χ4v) is 1.53. The average molecular weight is 308 g/mol. The van der Waals surface area contributed by atoms with Gasteiger partial charge in [0.2, 0.25) is 0 Å². The van der Waals surface area contributed by atoms with Crippen LogP contribution in [-0.4, -0.2) is 16.1 Å². The number of benzene rings is 1. The molecule has 0 fully saturated rings. The van der Waals surface area contributed by atoms with Gasteiger partial charge in [-0.2, -0.15) is 0 Å². The predicted molar refractivity (Wildman–Crippen MR) is 72.7 cm³/mol. The quantitative estimate of drug-likeness (QED) is 0.746. The molecule has 18 heavy (non-hydrogen) atoms. The van der Waals surface area contributed by atoms with Crippen LogP contribution in [0.1, 0.15) is 0 Å². The van der Waals surface area contributed by atoms with Crippen molar-refractivity contribution in [3.8, 4) is 5.75 Å². The lowest BCUT2D eigenvalue weighted by Gasteiger charge is -2.08. The fourth-order valence-electron chi connectivity index (χ4n) is 1.30. The van der Waals surface area contributed by atoms with E-state index < -0.39 is 6.03 Å². The van der Waals surface area contributed by atoms with Crippen molar-refractivity contribution < 1.29 is 9.90 Å². The zero-order valence-electron chi connectivity index (χ0n) is 9.22. The van der Waals surface area contributed by atoms with E-state index in [2.05, 4.69) is 31.5 Å². The molecule has 0 atom stereocenters. The summed E-state index contributed by atoms with van der Waals surface area (Å²) in [6, 6.07) is 9.45. The number of hydrogen-bond acceptors (Lipinski definition) is 3. The van der Waals surface area contributed by atoms with Crippen LogP contribution in [-0.2, 0) is 0 Å². The molecule has 0 saturated heterocycles. The highest BCUT2D eigenvalue weighted by Crippen LogP contribution is 2.21. The number of phenols is 1. The van der Waals surface area contributed by atoms with Gasteiger partial charge in [-0.3, -0.25) is 5.32 Å². The van der Waals surface area contributed by atoms with E-state index in [1.54, 1.807) is 36.5 Å². The molecule has 0 radical (unpaired) electrons. The van der Waals surface area contributed by atoms with E-state index in [1.165, 1.54) is 6.07 Å². The number of nitrogens with zero attached hydrogens (tertiary/aromatic N) is 1. The first-order chi connectivity index (χ1) is 8.65. The third kappa shape index (κ3) is 3.21. The van der Waals surface area contributed by atoms with E-state index in [4.69, 9.17) is 0 Å². The molecule has 0 aliphatic rings. The van der Waals surface area contributed by atoms with Gasteiger partial charge in [0, 0.05) is 10.7 Å². The van der Waals surface area contributed by atoms with Crippen LogP contribution in [0.15, 0.2) is 47.1 Å². The second-order valence-electron chi connectivity index (χ2n) is 3.46. The van der Waals surface area contributed by atoms with Crippen LogP contribution >= 0.6 is 15.9 Å². The molecular formula is C12H10BrN3O2. The summed E-state index contributed by atoms with van der Waals surface area (Å²) < 4.78 is 0.828. The van der Waals surface area contributed by atoms with Crippen molar-refractivity contribution in [2.75, 3.05) is 10.6 Å². The molecule has 1 heterocycles. The van der Waals surface area contributed by atoms with E-state index in [9.17, 15) is 9.90 Å². The molecule has 0 aliphatic heterocycles. The first kappa shape index (κ1) is 12.4. The number of aromatic nitrogens is 1. The molecule has 2 rings (SSSR count). The minimum Gasteiger partial charge on any atom is -0.506 e. The molecule has 92 valence electrons. The van der Waals surface area contributed by atoms with Gasteiger partial charge in [0.05, 0.1) is 5.69 Å². The van der Waals surface area contributed by atoms with Crippen LogP contribution in [0.4, 0.5) is 16.3 Å². The molecule has 2 aromatic rings. The number of pyridine rings is 1.